The van der Waals surface area contributed by atoms with E-state index in [2.05, 4.69) is 10.6 Å². The van der Waals surface area contributed by atoms with Crippen LogP contribution in [-0.4, -0.2) is 23.5 Å². The summed E-state index contributed by atoms with van der Waals surface area (Å²) >= 11 is 0. The zero-order valence-corrected chi connectivity index (χ0v) is 11.8. The SMILES string of the molecule is Cc1cc(NC(=O)C(=O)NCC(O)c2ccco2)ccc1F. The topological polar surface area (TPSA) is 91.6 Å². The standard InChI is InChI=1S/C15H15FN2O4/c1-9-7-10(4-5-11(9)16)18-15(21)14(20)17-8-12(19)13-3-2-6-22-13/h2-7,12,19H,8H2,1H3,(H,17,20)(H,18,21). The first-order valence-electron chi connectivity index (χ1n) is 6.54. The first kappa shape index (κ1) is 15.7. The van der Waals surface area contributed by atoms with Crippen LogP contribution in [0.2, 0.25) is 0 Å². The van der Waals surface area contributed by atoms with Crippen LogP contribution in [0, 0.1) is 12.7 Å². The number of rotatable bonds is 4. The average molecular weight is 306 g/mol. The lowest BCUT2D eigenvalue weighted by Gasteiger charge is -2.10. The molecule has 0 bridgehead atoms. The van der Waals surface area contributed by atoms with Crippen LogP contribution in [0.5, 0.6) is 0 Å². The second-order valence-electron chi connectivity index (χ2n) is 4.66. The number of nitrogens with one attached hydrogen (secondary N) is 2. The Kier molecular flexibility index (Phi) is 4.90. The normalized spacial score (nSPS) is 11.8. The van der Waals surface area contributed by atoms with Gasteiger partial charge < -0.3 is 20.2 Å². The fourth-order valence-electron chi connectivity index (χ4n) is 1.76. The molecule has 2 aromatic rings. The van der Waals surface area contributed by atoms with Crippen LogP contribution >= 0.6 is 0 Å². The minimum atomic E-state index is -1.04. The molecule has 0 saturated carbocycles. The summed E-state index contributed by atoms with van der Waals surface area (Å²) in [5.74, 6) is -1.93. The molecule has 1 heterocycles. The first-order valence-corrected chi connectivity index (χ1v) is 6.54. The van der Waals surface area contributed by atoms with E-state index in [0.29, 0.717) is 11.3 Å². The van der Waals surface area contributed by atoms with Gasteiger partial charge in [0.25, 0.3) is 0 Å². The molecule has 1 aromatic heterocycles. The van der Waals surface area contributed by atoms with Crippen molar-refractivity contribution in [1.82, 2.24) is 5.32 Å². The largest absolute Gasteiger partial charge is 0.467 e. The second kappa shape index (κ2) is 6.86. The molecule has 1 unspecified atom stereocenters. The van der Waals surface area contributed by atoms with Crippen molar-refractivity contribution in [3.8, 4) is 0 Å². The van der Waals surface area contributed by atoms with Gasteiger partial charge >= 0.3 is 11.8 Å². The van der Waals surface area contributed by atoms with E-state index >= 15 is 0 Å². The number of carbonyl (C=O) groups excluding carboxylic acids is 2. The molecule has 2 rings (SSSR count). The third kappa shape index (κ3) is 3.92. The number of hydrogen-bond acceptors (Lipinski definition) is 4. The highest BCUT2D eigenvalue weighted by molar-refractivity contribution is 6.39. The van der Waals surface area contributed by atoms with Gasteiger partial charge in [-0.3, -0.25) is 9.59 Å². The number of anilines is 1. The van der Waals surface area contributed by atoms with Crippen LogP contribution in [0.15, 0.2) is 41.0 Å². The molecule has 6 nitrogen and oxygen atoms in total. The number of halogens is 1. The molecule has 2 amide bonds. The maximum Gasteiger partial charge on any atom is 0.313 e. The third-order valence-electron chi connectivity index (χ3n) is 2.95. The van der Waals surface area contributed by atoms with Gasteiger partial charge in [-0.05, 0) is 42.8 Å². The van der Waals surface area contributed by atoms with E-state index in [1.165, 1.54) is 24.5 Å². The Balaban J connectivity index is 1.86. The summed E-state index contributed by atoms with van der Waals surface area (Å²) in [5.41, 5.74) is 0.664. The molecular formula is C15H15FN2O4. The number of carbonyl (C=O) groups is 2. The van der Waals surface area contributed by atoms with Gasteiger partial charge in [-0.15, -0.1) is 0 Å². The lowest BCUT2D eigenvalue weighted by molar-refractivity contribution is -0.136. The quantitative estimate of drug-likeness (QED) is 0.747. The molecule has 0 saturated heterocycles. The molecule has 116 valence electrons. The summed E-state index contributed by atoms with van der Waals surface area (Å²) in [6, 6.07) is 7.12. The Morgan fingerprint density at radius 1 is 1.32 bits per heavy atom. The zero-order chi connectivity index (χ0) is 16.1. The maximum absolute atomic E-state index is 13.1. The monoisotopic (exact) mass is 306 g/mol. The molecule has 0 aliphatic rings. The van der Waals surface area contributed by atoms with Gasteiger partial charge in [-0.25, -0.2) is 4.39 Å². The van der Waals surface area contributed by atoms with Gasteiger partial charge in [0.2, 0.25) is 0 Å². The number of aliphatic hydroxyl groups excluding tert-OH is 1. The Morgan fingerprint density at radius 2 is 2.09 bits per heavy atom. The van der Waals surface area contributed by atoms with Crippen molar-refractivity contribution in [2.75, 3.05) is 11.9 Å². The van der Waals surface area contributed by atoms with Gasteiger partial charge in [0.15, 0.2) is 0 Å². The number of aliphatic hydroxyl groups is 1. The van der Waals surface area contributed by atoms with Crippen molar-refractivity contribution in [3.63, 3.8) is 0 Å². The molecule has 3 N–H and O–H groups in total. The predicted molar refractivity (Wildman–Crippen MR) is 76.4 cm³/mol. The van der Waals surface area contributed by atoms with Crippen LogP contribution in [0.1, 0.15) is 17.4 Å². The van der Waals surface area contributed by atoms with Gasteiger partial charge in [-0.1, -0.05) is 0 Å². The smallest absolute Gasteiger partial charge is 0.313 e. The molecule has 22 heavy (non-hydrogen) atoms. The van der Waals surface area contributed by atoms with Crippen molar-refractivity contribution < 1.29 is 23.5 Å². The van der Waals surface area contributed by atoms with Crippen LogP contribution in [-0.2, 0) is 9.59 Å². The average Bonchev–Trinajstić information content (AvgIpc) is 3.02. The third-order valence-corrected chi connectivity index (χ3v) is 2.95. The van der Waals surface area contributed by atoms with E-state index in [0.717, 1.165) is 0 Å². The van der Waals surface area contributed by atoms with Crippen molar-refractivity contribution in [3.05, 3.63) is 53.7 Å². The fourth-order valence-corrected chi connectivity index (χ4v) is 1.76. The van der Waals surface area contributed by atoms with E-state index in [4.69, 9.17) is 4.42 Å². The molecule has 0 fully saturated rings. The maximum atomic E-state index is 13.1. The lowest BCUT2D eigenvalue weighted by atomic mass is 10.2. The van der Waals surface area contributed by atoms with Crippen LogP contribution < -0.4 is 10.6 Å². The summed E-state index contributed by atoms with van der Waals surface area (Å²) < 4.78 is 18.1. The Labute approximate surface area is 125 Å². The van der Waals surface area contributed by atoms with Crippen LogP contribution in [0.25, 0.3) is 0 Å². The van der Waals surface area contributed by atoms with E-state index in [1.54, 1.807) is 19.1 Å². The summed E-state index contributed by atoms with van der Waals surface area (Å²) in [7, 11) is 0. The highest BCUT2D eigenvalue weighted by Crippen LogP contribution is 2.14. The van der Waals surface area contributed by atoms with Crippen molar-refractivity contribution in [2.24, 2.45) is 0 Å². The summed E-state index contributed by atoms with van der Waals surface area (Å²) in [5, 5.41) is 14.3. The molecule has 0 aliphatic carbocycles. The summed E-state index contributed by atoms with van der Waals surface area (Å²) in [4.78, 5) is 23.3. The number of hydrogen-bond donors (Lipinski definition) is 3. The molecule has 1 aromatic carbocycles. The summed E-state index contributed by atoms with van der Waals surface area (Å²) in [6.45, 7) is 1.38. The Bertz CT molecular complexity index is 670. The second-order valence-corrected chi connectivity index (χ2v) is 4.66. The fraction of sp³-hybridized carbons (Fsp3) is 0.200. The van der Waals surface area contributed by atoms with Crippen molar-refractivity contribution in [2.45, 2.75) is 13.0 Å². The van der Waals surface area contributed by atoms with Crippen molar-refractivity contribution >= 4 is 17.5 Å². The highest BCUT2D eigenvalue weighted by Gasteiger charge is 2.17. The predicted octanol–water partition coefficient (Wildman–Crippen LogP) is 1.52. The van der Waals surface area contributed by atoms with E-state index in [9.17, 15) is 19.1 Å². The minimum absolute atomic E-state index is 0.164. The Morgan fingerprint density at radius 3 is 2.73 bits per heavy atom. The van der Waals surface area contributed by atoms with Gasteiger partial charge in [-0.2, -0.15) is 0 Å². The number of aryl methyl sites for hydroxylation is 1. The molecule has 0 radical (unpaired) electrons. The molecule has 0 aliphatic heterocycles. The summed E-state index contributed by atoms with van der Waals surface area (Å²) in [6.07, 6.45) is 0.351. The molecular weight excluding hydrogens is 291 g/mol. The minimum Gasteiger partial charge on any atom is -0.467 e. The number of amides is 2. The van der Waals surface area contributed by atoms with Crippen molar-refractivity contribution in [1.29, 1.82) is 0 Å². The molecule has 7 heteroatoms. The van der Waals surface area contributed by atoms with Gasteiger partial charge in [0, 0.05) is 5.69 Å². The van der Waals surface area contributed by atoms with E-state index < -0.39 is 23.7 Å². The first-order chi connectivity index (χ1) is 10.5. The van der Waals surface area contributed by atoms with Crippen LogP contribution in [0.4, 0.5) is 10.1 Å². The Hall–Kier alpha value is -2.67. The molecule has 1 atom stereocenters. The lowest BCUT2D eigenvalue weighted by Crippen LogP contribution is -2.37. The molecule has 0 spiro atoms. The number of benzene rings is 1. The van der Waals surface area contributed by atoms with Gasteiger partial charge in [0.1, 0.15) is 17.7 Å². The highest BCUT2D eigenvalue weighted by atomic mass is 19.1. The zero-order valence-electron chi connectivity index (χ0n) is 11.8. The van der Waals surface area contributed by atoms with E-state index in [1.807, 2.05) is 0 Å². The van der Waals surface area contributed by atoms with E-state index in [-0.39, 0.29) is 12.3 Å². The van der Waals surface area contributed by atoms with Crippen LogP contribution in [0.3, 0.4) is 0 Å². The number of furan rings is 1. The van der Waals surface area contributed by atoms with Gasteiger partial charge in [0.05, 0.1) is 12.8 Å².